The third-order valence-corrected chi connectivity index (χ3v) is 3.30. The zero-order valence-electron chi connectivity index (χ0n) is 6.53. The van der Waals surface area contributed by atoms with Crippen LogP contribution in [0.3, 0.4) is 0 Å². The minimum atomic E-state index is -0.562. The average molecular weight is 249 g/mol. The van der Waals surface area contributed by atoms with E-state index in [-0.39, 0.29) is 15.7 Å². The fourth-order valence-electron chi connectivity index (χ4n) is 1.07. The van der Waals surface area contributed by atoms with Gasteiger partial charge in [0.2, 0.25) is 0 Å². The number of halogens is 2. The molecule has 2 rings (SSSR count). The molecule has 7 heteroatoms. The van der Waals surface area contributed by atoms with E-state index in [1.165, 1.54) is 17.4 Å². The molecule has 0 spiro atoms. The first-order valence-electron chi connectivity index (χ1n) is 3.47. The molecule has 0 amide bonds. The Bertz CT molecular complexity index is 526. The van der Waals surface area contributed by atoms with Crippen LogP contribution in [0.25, 0.3) is 10.2 Å². The number of rotatable bonds is 1. The van der Waals surface area contributed by atoms with E-state index in [0.29, 0.717) is 10.2 Å². The van der Waals surface area contributed by atoms with Gasteiger partial charge >= 0.3 is 0 Å². The van der Waals surface area contributed by atoms with Crippen molar-refractivity contribution in [1.82, 2.24) is 4.98 Å². The fourth-order valence-corrected chi connectivity index (χ4v) is 2.47. The lowest BCUT2D eigenvalue weighted by atomic mass is 10.3. The third-order valence-electron chi connectivity index (χ3n) is 1.68. The SMILES string of the molecule is O=[N+]([O-])c1cc(Cl)c2ncsc2c1Cl. The van der Waals surface area contributed by atoms with Gasteiger partial charge in [-0.05, 0) is 0 Å². The summed E-state index contributed by atoms with van der Waals surface area (Å²) in [6.07, 6.45) is 0. The van der Waals surface area contributed by atoms with Gasteiger partial charge in [-0.25, -0.2) is 4.98 Å². The number of thiazole rings is 1. The van der Waals surface area contributed by atoms with E-state index in [1.54, 1.807) is 5.51 Å². The summed E-state index contributed by atoms with van der Waals surface area (Å²) in [5, 5.41) is 10.9. The van der Waals surface area contributed by atoms with Crippen molar-refractivity contribution in [3.63, 3.8) is 0 Å². The highest BCUT2D eigenvalue weighted by Crippen LogP contribution is 2.38. The third kappa shape index (κ3) is 1.33. The van der Waals surface area contributed by atoms with Crippen molar-refractivity contribution < 1.29 is 4.92 Å². The monoisotopic (exact) mass is 248 g/mol. The van der Waals surface area contributed by atoms with Gasteiger partial charge in [-0.3, -0.25) is 10.1 Å². The van der Waals surface area contributed by atoms with E-state index >= 15 is 0 Å². The Morgan fingerprint density at radius 3 is 2.86 bits per heavy atom. The number of benzene rings is 1. The van der Waals surface area contributed by atoms with Crippen molar-refractivity contribution in [2.24, 2.45) is 0 Å². The van der Waals surface area contributed by atoms with Gasteiger partial charge in [0.15, 0.2) is 0 Å². The summed E-state index contributed by atoms with van der Waals surface area (Å²) in [5.41, 5.74) is 1.87. The van der Waals surface area contributed by atoms with Crippen LogP contribution in [0.5, 0.6) is 0 Å². The molecule has 0 fully saturated rings. The topological polar surface area (TPSA) is 56.0 Å². The summed E-state index contributed by atoms with van der Waals surface area (Å²) in [6, 6.07) is 1.21. The Morgan fingerprint density at radius 1 is 1.50 bits per heavy atom. The molecule has 0 N–H and O–H groups in total. The highest BCUT2D eigenvalue weighted by Gasteiger charge is 2.19. The van der Waals surface area contributed by atoms with Crippen LogP contribution in [0.15, 0.2) is 11.6 Å². The molecular formula is C7H2Cl2N2O2S. The maximum atomic E-state index is 10.6. The molecule has 0 unspecified atom stereocenters. The van der Waals surface area contributed by atoms with Crippen LogP contribution < -0.4 is 0 Å². The standard InChI is InChI=1S/C7H2Cl2N2O2S/c8-3-1-4(11(12)13)5(9)7-6(3)10-2-14-7/h1-2H. The first-order chi connectivity index (χ1) is 6.61. The predicted molar refractivity (Wildman–Crippen MR) is 56.3 cm³/mol. The average Bonchev–Trinajstić information content (AvgIpc) is 2.59. The normalized spacial score (nSPS) is 10.7. The summed E-state index contributed by atoms with van der Waals surface area (Å²) in [7, 11) is 0. The Kier molecular flexibility index (Phi) is 2.30. The minimum Gasteiger partial charge on any atom is -0.258 e. The second kappa shape index (κ2) is 3.34. The number of nitrogens with zero attached hydrogens (tertiary/aromatic N) is 2. The second-order valence-corrected chi connectivity index (χ2v) is 4.12. The molecule has 0 aliphatic rings. The number of nitro groups is 1. The molecule has 1 aromatic carbocycles. The van der Waals surface area contributed by atoms with Gasteiger partial charge in [0.1, 0.15) is 10.5 Å². The molecule has 2 aromatic rings. The van der Waals surface area contributed by atoms with Gasteiger partial charge in [0.25, 0.3) is 5.69 Å². The first-order valence-corrected chi connectivity index (χ1v) is 5.10. The summed E-state index contributed by atoms with van der Waals surface area (Å²) < 4.78 is 0.547. The van der Waals surface area contributed by atoms with Crippen molar-refractivity contribution in [3.05, 3.63) is 31.7 Å². The fraction of sp³-hybridized carbons (Fsp3) is 0. The molecule has 0 atom stereocenters. The summed E-state index contributed by atoms with van der Waals surface area (Å²) in [4.78, 5) is 14.0. The van der Waals surface area contributed by atoms with Crippen molar-refractivity contribution in [3.8, 4) is 0 Å². The Hall–Kier alpha value is -0.910. The number of aromatic nitrogens is 1. The Morgan fingerprint density at radius 2 is 2.21 bits per heavy atom. The van der Waals surface area contributed by atoms with E-state index in [1.807, 2.05) is 0 Å². The van der Waals surface area contributed by atoms with Gasteiger partial charge in [-0.15, -0.1) is 11.3 Å². The van der Waals surface area contributed by atoms with E-state index in [2.05, 4.69) is 4.98 Å². The number of hydrogen-bond acceptors (Lipinski definition) is 4. The highest BCUT2D eigenvalue weighted by atomic mass is 35.5. The lowest BCUT2D eigenvalue weighted by molar-refractivity contribution is -0.384. The molecule has 72 valence electrons. The van der Waals surface area contributed by atoms with Crippen LogP contribution >= 0.6 is 34.5 Å². The Balaban J connectivity index is 2.88. The smallest absolute Gasteiger partial charge is 0.258 e. The van der Waals surface area contributed by atoms with Crippen LogP contribution in [0.1, 0.15) is 0 Å². The van der Waals surface area contributed by atoms with Crippen molar-refractivity contribution in [2.45, 2.75) is 0 Å². The molecule has 1 heterocycles. The lowest BCUT2D eigenvalue weighted by Crippen LogP contribution is -1.89. The molecule has 0 aliphatic heterocycles. The van der Waals surface area contributed by atoms with Crippen LogP contribution in [0.4, 0.5) is 5.69 Å². The second-order valence-electron chi connectivity index (χ2n) is 2.48. The van der Waals surface area contributed by atoms with Crippen LogP contribution in [-0.4, -0.2) is 9.91 Å². The molecule has 0 saturated carbocycles. The summed E-state index contributed by atoms with van der Waals surface area (Å²) in [5.74, 6) is 0. The van der Waals surface area contributed by atoms with Crippen LogP contribution in [-0.2, 0) is 0 Å². The minimum absolute atomic E-state index is 0.0944. The molecule has 0 aliphatic carbocycles. The van der Waals surface area contributed by atoms with Gasteiger partial charge < -0.3 is 0 Å². The van der Waals surface area contributed by atoms with E-state index in [0.717, 1.165) is 0 Å². The molecule has 0 bridgehead atoms. The number of hydrogen-bond donors (Lipinski definition) is 0. The van der Waals surface area contributed by atoms with E-state index < -0.39 is 4.92 Å². The maximum Gasteiger partial charge on any atom is 0.290 e. The summed E-state index contributed by atoms with van der Waals surface area (Å²) >= 11 is 12.8. The molecular weight excluding hydrogens is 247 g/mol. The van der Waals surface area contributed by atoms with Gasteiger partial charge in [-0.2, -0.15) is 0 Å². The lowest BCUT2D eigenvalue weighted by Gasteiger charge is -1.97. The number of nitro benzene ring substituents is 1. The van der Waals surface area contributed by atoms with E-state index in [9.17, 15) is 10.1 Å². The van der Waals surface area contributed by atoms with Gasteiger partial charge in [-0.1, -0.05) is 23.2 Å². The zero-order valence-corrected chi connectivity index (χ0v) is 8.86. The van der Waals surface area contributed by atoms with Gasteiger partial charge in [0, 0.05) is 6.07 Å². The van der Waals surface area contributed by atoms with Crippen LogP contribution in [0, 0.1) is 10.1 Å². The largest absolute Gasteiger partial charge is 0.290 e. The predicted octanol–water partition coefficient (Wildman–Crippen LogP) is 3.51. The van der Waals surface area contributed by atoms with Gasteiger partial charge in [0.05, 0.1) is 20.2 Å². The first kappa shape index (κ1) is 9.64. The maximum absolute atomic E-state index is 10.6. The van der Waals surface area contributed by atoms with Crippen molar-refractivity contribution in [1.29, 1.82) is 0 Å². The Labute approximate surface area is 92.2 Å². The van der Waals surface area contributed by atoms with Crippen molar-refractivity contribution >= 4 is 50.4 Å². The summed E-state index contributed by atoms with van der Waals surface area (Å²) in [6.45, 7) is 0. The molecule has 1 aromatic heterocycles. The zero-order chi connectivity index (χ0) is 10.3. The van der Waals surface area contributed by atoms with E-state index in [4.69, 9.17) is 23.2 Å². The molecule has 0 radical (unpaired) electrons. The molecule has 4 nitrogen and oxygen atoms in total. The molecule has 14 heavy (non-hydrogen) atoms. The molecule has 0 saturated heterocycles. The highest BCUT2D eigenvalue weighted by molar-refractivity contribution is 7.17. The van der Waals surface area contributed by atoms with Crippen LogP contribution in [0.2, 0.25) is 10.0 Å². The quantitative estimate of drug-likeness (QED) is 0.573. The number of fused-ring (bicyclic) bond motifs is 1. The van der Waals surface area contributed by atoms with Crippen molar-refractivity contribution in [2.75, 3.05) is 0 Å².